The van der Waals surface area contributed by atoms with Crippen LogP contribution in [-0.2, 0) is 0 Å². The van der Waals surface area contributed by atoms with Gasteiger partial charge in [-0.2, -0.15) is 0 Å². The molecule has 2 aromatic rings. The van der Waals surface area contributed by atoms with Crippen LogP contribution in [0.15, 0.2) is 24.4 Å². The predicted molar refractivity (Wildman–Crippen MR) is 73.4 cm³/mol. The SMILES string of the molecule is Cc1cc(C)c(-c2cc(C)c(C)cn2)c(C)c1. The Hall–Kier alpha value is -1.63. The second-order valence-electron chi connectivity index (χ2n) is 4.93. The van der Waals surface area contributed by atoms with E-state index in [1.54, 1.807) is 0 Å². The van der Waals surface area contributed by atoms with Gasteiger partial charge in [0.25, 0.3) is 0 Å². The summed E-state index contributed by atoms with van der Waals surface area (Å²) in [6, 6.07) is 6.62. The third-order valence-corrected chi connectivity index (χ3v) is 3.31. The highest BCUT2D eigenvalue weighted by molar-refractivity contribution is 5.68. The van der Waals surface area contributed by atoms with Crippen molar-refractivity contribution in [2.24, 2.45) is 0 Å². The monoisotopic (exact) mass is 225 g/mol. The molecule has 0 aliphatic carbocycles. The average Bonchev–Trinajstić information content (AvgIpc) is 2.21. The molecule has 0 saturated heterocycles. The molecular formula is C16H19N. The molecule has 0 radical (unpaired) electrons. The summed E-state index contributed by atoms with van der Waals surface area (Å²) in [6.07, 6.45) is 1.96. The summed E-state index contributed by atoms with van der Waals surface area (Å²) in [4.78, 5) is 4.56. The Morgan fingerprint density at radius 1 is 0.706 bits per heavy atom. The predicted octanol–water partition coefficient (Wildman–Crippen LogP) is 4.29. The zero-order valence-electron chi connectivity index (χ0n) is 11.3. The number of pyridine rings is 1. The van der Waals surface area contributed by atoms with Gasteiger partial charge in [-0.1, -0.05) is 17.7 Å². The van der Waals surface area contributed by atoms with Crippen molar-refractivity contribution in [3.8, 4) is 11.3 Å². The van der Waals surface area contributed by atoms with Crippen LogP contribution in [0.25, 0.3) is 11.3 Å². The van der Waals surface area contributed by atoms with Gasteiger partial charge in [-0.05, 0) is 62.9 Å². The van der Waals surface area contributed by atoms with E-state index in [1.165, 1.54) is 33.4 Å². The van der Waals surface area contributed by atoms with Gasteiger partial charge in [0.15, 0.2) is 0 Å². The summed E-state index contributed by atoms with van der Waals surface area (Å²) >= 11 is 0. The van der Waals surface area contributed by atoms with Gasteiger partial charge in [0.1, 0.15) is 0 Å². The quantitative estimate of drug-likeness (QED) is 0.705. The molecule has 1 heterocycles. The van der Waals surface area contributed by atoms with E-state index in [-0.39, 0.29) is 0 Å². The molecule has 0 unspecified atom stereocenters. The molecule has 2 rings (SSSR count). The Bertz CT molecular complexity index is 545. The number of hydrogen-bond donors (Lipinski definition) is 0. The molecule has 0 atom stereocenters. The third-order valence-electron chi connectivity index (χ3n) is 3.31. The Labute approximate surface area is 104 Å². The van der Waals surface area contributed by atoms with Gasteiger partial charge in [-0.25, -0.2) is 0 Å². The molecule has 0 bridgehead atoms. The molecule has 0 fully saturated rings. The molecule has 17 heavy (non-hydrogen) atoms. The Morgan fingerprint density at radius 3 is 1.82 bits per heavy atom. The fraction of sp³-hybridized carbons (Fsp3) is 0.312. The van der Waals surface area contributed by atoms with Crippen LogP contribution in [0.4, 0.5) is 0 Å². The van der Waals surface area contributed by atoms with Crippen molar-refractivity contribution in [3.05, 3.63) is 52.2 Å². The van der Waals surface area contributed by atoms with E-state index in [4.69, 9.17) is 0 Å². The summed E-state index contributed by atoms with van der Waals surface area (Å²) < 4.78 is 0. The molecule has 0 aliphatic rings. The van der Waals surface area contributed by atoms with Crippen molar-refractivity contribution < 1.29 is 0 Å². The molecule has 1 aromatic carbocycles. The summed E-state index contributed by atoms with van der Waals surface area (Å²) in [7, 11) is 0. The Morgan fingerprint density at radius 2 is 1.29 bits per heavy atom. The van der Waals surface area contributed by atoms with Crippen molar-refractivity contribution in [3.63, 3.8) is 0 Å². The lowest BCUT2D eigenvalue weighted by Gasteiger charge is -2.12. The number of aromatic nitrogens is 1. The Kier molecular flexibility index (Phi) is 3.01. The van der Waals surface area contributed by atoms with E-state index in [9.17, 15) is 0 Å². The van der Waals surface area contributed by atoms with Crippen LogP contribution in [0.3, 0.4) is 0 Å². The first-order valence-electron chi connectivity index (χ1n) is 6.00. The lowest BCUT2D eigenvalue weighted by atomic mass is 9.96. The molecule has 1 nitrogen and oxygen atoms in total. The lowest BCUT2D eigenvalue weighted by molar-refractivity contribution is 1.20. The zero-order chi connectivity index (χ0) is 12.6. The number of rotatable bonds is 1. The normalized spacial score (nSPS) is 10.6. The molecule has 0 amide bonds. The minimum absolute atomic E-state index is 1.09. The zero-order valence-corrected chi connectivity index (χ0v) is 11.3. The van der Waals surface area contributed by atoms with Crippen molar-refractivity contribution >= 4 is 0 Å². The van der Waals surface area contributed by atoms with Crippen LogP contribution < -0.4 is 0 Å². The minimum Gasteiger partial charge on any atom is -0.256 e. The molecule has 0 N–H and O–H groups in total. The summed E-state index contributed by atoms with van der Waals surface area (Å²) in [6.45, 7) is 10.7. The highest BCUT2D eigenvalue weighted by Crippen LogP contribution is 2.27. The van der Waals surface area contributed by atoms with Crippen LogP contribution in [-0.4, -0.2) is 4.98 Å². The van der Waals surface area contributed by atoms with Gasteiger partial charge in [-0.15, -0.1) is 0 Å². The highest BCUT2D eigenvalue weighted by atomic mass is 14.7. The summed E-state index contributed by atoms with van der Waals surface area (Å²) in [5.74, 6) is 0. The largest absolute Gasteiger partial charge is 0.256 e. The van der Waals surface area contributed by atoms with Gasteiger partial charge in [0.2, 0.25) is 0 Å². The van der Waals surface area contributed by atoms with Gasteiger partial charge in [0.05, 0.1) is 5.69 Å². The van der Waals surface area contributed by atoms with E-state index in [2.05, 4.69) is 57.8 Å². The van der Waals surface area contributed by atoms with Gasteiger partial charge in [-0.3, -0.25) is 4.98 Å². The van der Waals surface area contributed by atoms with Crippen LogP contribution in [0.5, 0.6) is 0 Å². The van der Waals surface area contributed by atoms with E-state index in [0.717, 1.165) is 5.69 Å². The number of benzene rings is 1. The average molecular weight is 225 g/mol. The molecule has 1 aromatic heterocycles. The van der Waals surface area contributed by atoms with Gasteiger partial charge in [0, 0.05) is 11.8 Å². The minimum atomic E-state index is 1.09. The second-order valence-corrected chi connectivity index (χ2v) is 4.93. The van der Waals surface area contributed by atoms with Gasteiger partial charge < -0.3 is 0 Å². The standard InChI is InChI=1S/C16H19N/c1-10-6-12(3)16(13(4)7-10)15-8-11(2)14(5)9-17-15/h6-9H,1-5H3. The molecule has 0 aliphatic heterocycles. The van der Waals surface area contributed by atoms with Crippen LogP contribution >= 0.6 is 0 Å². The molecule has 1 heteroatoms. The first-order valence-corrected chi connectivity index (χ1v) is 6.00. The maximum Gasteiger partial charge on any atom is 0.0710 e. The van der Waals surface area contributed by atoms with E-state index >= 15 is 0 Å². The fourth-order valence-corrected chi connectivity index (χ4v) is 2.35. The third kappa shape index (κ3) is 2.23. The van der Waals surface area contributed by atoms with Crippen LogP contribution in [0.1, 0.15) is 27.8 Å². The molecular weight excluding hydrogens is 206 g/mol. The van der Waals surface area contributed by atoms with Gasteiger partial charge >= 0.3 is 0 Å². The Balaban J connectivity index is 2.64. The first kappa shape index (κ1) is 11.8. The topological polar surface area (TPSA) is 12.9 Å². The maximum absolute atomic E-state index is 4.56. The van der Waals surface area contributed by atoms with Crippen molar-refractivity contribution in [1.29, 1.82) is 0 Å². The summed E-state index contributed by atoms with van der Waals surface area (Å²) in [5, 5.41) is 0. The van der Waals surface area contributed by atoms with Crippen molar-refractivity contribution in [2.75, 3.05) is 0 Å². The lowest BCUT2D eigenvalue weighted by Crippen LogP contribution is -1.94. The summed E-state index contributed by atoms with van der Waals surface area (Å²) in [5.41, 5.74) is 8.83. The molecule has 88 valence electrons. The molecule has 0 saturated carbocycles. The number of hydrogen-bond acceptors (Lipinski definition) is 1. The highest BCUT2D eigenvalue weighted by Gasteiger charge is 2.08. The second kappa shape index (κ2) is 4.33. The first-order chi connectivity index (χ1) is 7.99. The smallest absolute Gasteiger partial charge is 0.0710 e. The van der Waals surface area contributed by atoms with E-state index in [1.807, 2.05) is 6.20 Å². The number of nitrogens with zero attached hydrogens (tertiary/aromatic N) is 1. The van der Waals surface area contributed by atoms with Crippen molar-refractivity contribution in [1.82, 2.24) is 4.98 Å². The molecule has 0 spiro atoms. The fourth-order valence-electron chi connectivity index (χ4n) is 2.35. The van der Waals surface area contributed by atoms with E-state index in [0.29, 0.717) is 0 Å². The van der Waals surface area contributed by atoms with Crippen molar-refractivity contribution in [2.45, 2.75) is 34.6 Å². The maximum atomic E-state index is 4.56. The van der Waals surface area contributed by atoms with Crippen LogP contribution in [0.2, 0.25) is 0 Å². The van der Waals surface area contributed by atoms with E-state index < -0.39 is 0 Å². The van der Waals surface area contributed by atoms with Crippen LogP contribution in [0, 0.1) is 34.6 Å². The number of aryl methyl sites for hydroxylation is 5.